The van der Waals surface area contributed by atoms with E-state index < -0.39 is 5.97 Å². The Morgan fingerprint density at radius 2 is 1.61 bits per heavy atom. The van der Waals surface area contributed by atoms with Gasteiger partial charge in [0.15, 0.2) is 11.5 Å². The SMILES string of the molecule is Cc1cccc(C(=O)c2cc(OCCCCCC(=O)O)c(C(C)C)cc2Oc2c(Br)cccc2Br)c1. The number of carbonyl (C=O) groups excluding carboxylic acids is 1. The van der Waals surface area contributed by atoms with Crippen molar-refractivity contribution in [3.63, 3.8) is 0 Å². The topological polar surface area (TPSA) is 72.8 Å². The molecule has 3 rings (SSSR count). The summed E-state index contributed by atoms with van der Waals surface area (Å²) in [5.41, 5.74) is 2.91. The first-order valence-corrected chi connectivity index (χ1v) is 13.5. The number of carbonyl (C=O) groups is 2. The first-order valence-electron chi connectivity index (χ1n) is 11.9. The molecule has 0 heterocycles. The van der Waals surface area contributed by atoms with Gasteiger partial charge in [0.2, 0.25) is 0 Å². The summed E-state index contributed by atoms with van der Waals surface area (Å²) in [5, 5.41) is 8.82. The van der Waals surface area contributed by atoms with Gasteiger partial charge in [0.25, 0.3) is 0 Å². The quantitative estimate of drug-likeness (QED) is 0.163. The zero-order valence-electron chi connectivity index (χ0n) is 20.6. The van der Waals surface area contributed by atoms with E-state index in [0.29, 0.717) is 41.4 Å². The van der Waals surface area contributed by atoms with Gasteiger partial charge in [-0.3, -0.25) is 9.59 Å². The lowest BCUT2D eigenvalue weighted by Crippen LogP contribution is -2.08. The lowest BCUT2D eigenvalue weighted by atomic mass is 9.95. The number of carboxylic acid groups (broad SMARTS) is 1. The maximum absolute atomic E-state index is 13.7. The number of hydrogen-bond acceptors (Lipinski definition) is 4. The van der Waals surface area contributed by atoms with Crippen molar-refractivity contribution in [1.29, 1.82) is 0 Å². The summed E-state index contributed by atoms with van der Waals surface area (Å²) in [7, 11) is 0. The van der Waals surface area contributed by atoms with Crippen LogP contribution in [-0.2, 0) is 4.79 Å². The fourth-order valence-electron chi connectivity index (χ4n) is 3.78. The number of carboxylic acids is 1. The van der Waals surface area contributed by atoms with Crippen molar-refractivity contribution in [1.82, 2.24) is 0 Å². The number of ketones is 1. The molecular formula is C29H30Br2O5. The number of unbranched alkanes of at least 4 members (excludes halogenated alkanes) is 2. The Bertz CT molecular complexity index is 1220. The van der Waals surface area contributed by atoms with Crippen LogP contribution in [0.25, 0.3) is 0 Å². The highest BCUT2D eigenvalue weighted by Gasteiger charge is 2.22. The predicted molar refractivity (Wildman–Crippen MR) is 149 cm³/mol. The number of aryl methyl sites for hydroxylation is 1. The monoisotopic (exact) mass is 616 g/mol. The van der Waals surface area contributed by atoms with Crippen LogP contribution in [0, 0.1) is 6.92 Å². The minimum Gasteiger partial charge on any atom is -0.493 e. The van der Waals surface area contributed by atoms with E-state index in [1.54, 1.807) is 12.1 Å². The molecule has 0 atom stereocenters. The highest BCUT2D eigenvalue weighted by molar-refractivity contribution is 9.11. The molecular weight excluding hydrogens is 588 g/mol. The van der Waals surface area contributed by atoms with Gasteiger partial charge in [0.1, 0.15) is 11.5 Å². The highest BCUT2D eigenvalue weighted by atomic mass is 79.9. The number of para-hydroxylation sites is 1. The molecule has 7 heteroatoms. The van der Waals surface area contributed by atoms with E-state index in [1.807, 2.05) is 49.4 Å². The minimum atomic E-state index is -0.787. The molecule has 0 bridgehead atoms. The number of rotatable bonds is 12. The molecule has 5 nitrogen and oxygen atoms in total. The highest BCUT2D eigenvalue weighted by Crippen LogP contribution is 2.41. The molecule has 0 amide bonds. The Morgan fingerprint density at radius 1 is 0.917 bits per heavy atom. The van der Waals surface area contributed by atoms with Crippen LogP contribution in [0.2, 0.25) is 0 Å². The summed E-state index contributed by atoms with van der Waals surface area (Å²) in [5.74, 6) is 0.852. The largest absolute Gasteiger partial charge is 0.493 e. The number of benzene rings is 3. The van der Waals surface area contributed by atoms with Crippen LogP contribution >= 0.6 is 31.9 Å². The molecule has 0 aliphatic rings. The lowest BCUT2D eigenvalue weighted by Gasteiger charge is -2.20. The van der Waals surface area contributed by atoms with Crippen LogP contribution in [0.15, 0.2) is 63.5 Å². The van der Waals surface area contributed by atoms with Crippen molar-refractivity contribution in [2.45, 2.75) is 52.4 Å². The Hall–Kier alpha value is -2.64. The Labute approximate surface area is 229 Å². The molecule has 0 fully saturated rings. The van der Waals surface area contributed by atoms with Gasteiger partial charge in [-0.15, -0.1) is 0 Å². The second-order valence-corrected chi connectivity index (χ2v) is 10.7. The first kappa shape index (κ1) is 27.9. The maximum atomic E-state index is 13.7. The summed E-state index contributed by atoms with van der Waals surface area (Å²) in [4.78, 5) is 24.4. The van der Waals surface area contributed by atoms with Crippen LogP contribution in [0.5, 0.6) is 17.2 Å². The molecule has 3 aromatic rings. The van der Waals surface area contributed by atoms with Gasteiger partial charge in [-0.2, -0.15) is 0 Å². The van der Waals surface area contributed by atoms with E-state index in [2.05, 4.69) is 45.7 Å². The van der Waals surface area contributed by atoms with Gasteiger partial charge in [-0.05, 0) is 94.3 Å². The molecule has 1 N–H and O–H groups in total. The normalized spacial score (nSPS) is 10.9. The van der Waals surface area contributed by atoms with Crippen LogP contribution in [0.3, 0.4) is 0 Å². The van der Waals surface area contributed by atoms with E-state index in [1.165, 1.54) is 0 Å². The van der Waals surface area contributed by atoms with E-state index in [4.69, 9.17) is 14.6 Å². The third-order valence-electron chi connectivity index (χ3n) is 5.68. The van der Waals surface area contributed by atoms with Gasteiger partial charge in [-0.25, -0.2) is 0 Å². The molecule has 0 aliphatic heterocycles. The molecule has 0 spiro atoms. The molecule has 0 saturated carbocycles. The minimum absolute atomic E-state index is 0.125. The zero-order chi connectivity index (χ0) is 26.2. The molecule has 3 aromatic carbocycles. The van der Waals surface area contributed by atoms with E-state index >= 15 is 0 Å². The van der Waals surface area contributed by atoms with Crippen LogP contribution in [0.1, 0.15) is 72.5 Å². The number of ether oxygens (including phenoxy) is 2. The Balaban J connectivity index is 2.00. The molecule has 0 aliphatic carbocycles. The molecule has 0 radical (unpaired) electrons. The van der Waals surface area contributed by atoms with Gasteiger partial charge >= 0.3 is 5.97 Å². The smallest absolute Gasteiger partial charge is 0.303 e. The third kappa shape index (κ3) is 7.43. The maximum Gasteiger partial charge on any atom is 0.303 e. The van der Waals surface area contributed by atoms with Crippen molar-refractivity contribution in [2.24, 2.45) is 0 Å². The standard InChI is InChI=1S/C29H30Br2O5/c1-18(2)21-16-26(36-29-23(30)11-8-12-24(29)31)22(28(34)20-10-7-9-19(3)15-20)17-25(21)35-14-6-4-5-13-27(32)33/h7-12,15-18H,4-6,13-14H2,1-3H3,(H,32,33). The van der Waals surface area contributed by atoms with Crippen molar-refractivity contribution >= 4 is 43.6 Å². The molecule has 0 saturated heterocycles. The van der Waals surface area contributed by atoms with E-state index in [0.717, 1.165) is 32.9 Å². The Morgan fingerprint density at radius 3 is 2.25 bits per heavy atom. The number of hydrogen-bond donors (Lipinski definition) is 1. The number of halogens is 2. The lowest BCUT2D eigenvalue weighted by molar-refractivity contribution is -0.137. The van der Waals surface area contributed by atoms with Crippen LogP contribution < -0.4 is 9.47 Å². The van der Waals surface area contributed by atoms with Crippen LogP contribution in [0.4, 0.5) is 0 Å². The van der Waals surface area contributed by atoms with Crippen molar-refractivity contribution in [3.8, 4) is 17.2 Å². The first-order chi connectivity index (χ1) is 17.2. The van der Waals surface area contributed by atoms with Crippen molar-refractivity contribution < 1.29 is 24.2 Å². The fourth-order valence-corrected chi connectivity index (χ4v) is 4.94. The molecule has 36 heavy (non-hydrogen) atoms. The van der Waals surface area contributed by atoms with Gasteiger partial charge in [-0.1, -0.05) is 43.7 Å². The summed E-state index contributed by atoms with van der Waals surface area (Å²) < 4.78 is 14.0. The van der Waals surface area contributed by atoms with E-state index in [9.17, 15) is 9.59 Å². The molecule has 190 valence electrons. The molecule has 0 unspecified atom stereocenters. The summed E-state index contributed by atoms with van der Waals surface area (Å²) in [6.07, 6.45) is 2.26. The van der Waals surface area contributed by atoms with Gasteiger partial charge in [0, 0.05) is 17.5 Å². The average molecular weight is 618 g/mol. The summed E-state index contributed by atoms with van der Waals surface area (Å²) >= 11 is 7.09. The second-order valence-electron chi connectivity index (χ2n) is 8.95. The van der Waals surface area contributed by atoms with Crippen LogP contribution in [-0.4, -0.2) is 23.5 Å². The summed E-state index contributed by atoms with van der Waals surface area (Å²) in [6, 6.07) is 16.8. The molecule has 0 aromatic heterocycles. The second kappa shape index (κ2) is 13.1. The number of aliphatic carboxylic acids is 1. The van der Waals surface area contributed by atoms with Gasteiger partial charge in [0.05, 0.1) is 21.1 Å². The van der Waals surface area contributed by atoms with Gasteiger partial charge < -0.3 is 14.6 Å². The van der Waals surface area contributed by atoms with E-state index in [-0.39, 0.29) is 18.1 Å². The summed E-state index contributed by atoms with van der Waals surface area (Å²) in [6.45, 7) is 6.52. The fraction of sp³-hybridized carbons (Fsp3) is 0.310. The van der Waals surface area contributed by atoms with Crippen molar-refractivity contribution in [3.05, 3.63) is 85.8 Å². The Kier molecular flexibility index (Phi) is 10.1. The average Bonchev–Trinajstić information content (AvgIpc) is 2.83. The zero-order valence-corrected chi connectivity index (χ0v) is 23.8. The predicted octanol–water partition coefficient (Wildman–Crippen LogP) is 8.69. The third-order valence-corrected chi connectivity index (χ3v) is 6.93. The van der Waals surface area contributed by atoms with Crippen molar-refractivity contribution in [2.75, 3.05) is 6.61 Å².